The molecule has 0 bridgehead atoms. The summed E-state index contributed by atoms with van der Waals surface area (Å²) in [5.41, 5.74) is 1.12. The lowest BCUT2D eigenvalue weighted by Crippen LogP contribution is -2.45. The van der Waals surface area contributed by atoms with Crippen LogP contribution in [0.25, 0.3) is 10.2 Å². The minimum Gasteiger partial charge on any atom is -0.337 e. The van der Waals surface area contributed by atoms with Crippen LogP contribution in [0, 0.1) is 0 Å². The van der Waals surface area contributed by atoms with Crippen molar-refractivity contribution in [1.29, 1.82) is 0 Å². The highest BCUT2D eigenvalue weighted by atomic mass is 32.2. The van der Waals surface area contributed by atoms with Gasteiger partial charge in [0, 0.05) is 17.0 Å². The molecule has 3 rings (SSSR count). The number of thiophene rings is 1. The summed E-state index contributed by atoms with van der Waals surface area (Å²) >= 11 is 2.98. The van der Waals surface area contributed by atoms with Crippen molar-refractivity contribution in [3.8, 4) is 0 Å². The van der Waals surface area contributed by atoms with Gasteiger partial charge in [0.2, 0.25) is 5.91 Å². The highest BCUT2D eigenvalue weighted by Crippen LogP contribution is 2.34. The zero-order valence-electron chi connectivity index (χ0n) is 16.1. The Morgan fingerprint density at radius 1 is 1.15 bits per heavy atom. The first kappa shape index (κ1) is 19.4. The van der Waals surface area contributed by atoms with Crippen LogP contribution in [0.15, 0.2) is 9.95 Å². The van der Waals surface area contributed by atoms with Crippen molar-refractivity contribution in [2.75, 3.05) is 0 Å². The van der Waals surface area contributed by atoms with Gasteiger partial charge in [-0.05, 0) is 65.9 Å². The average Bonchev–Trinajstić information content (AvgIpc) is 2.92. The van der Waals surface area contributed by atoms with Crippen molar-refractivity contribution in [2.24, 2.45) is 0 Å². The maximum atomic E-state index is 12.8. The normalized spacial score (nSPS) is 15.5. The molecule has 0 aliphatic heterocycles. The molecule has 2 heterocycles. The van der Waals surface area contributed by atoms with Gasteiger partial charge in [0.25, 0.3) is 5.56 Å². The number of hydrogen-bond donors (Lipinski definition) is 1. The molecule has 2 aromatic rings. The Hall–Kier alpha value is -1.34. The van der Waals surface area contributed by atoms with Gasteiger partial charge in [-0.15, -0.1) is 11.3 Å². The largest absolute Gasteiger partial charge is 0.337 e. The number of nitrogens with zero attached hydrogens (tertiary/aromatic N) is 2. The van der Waals surface area contributed by atoms with Crippen LogP contribution in [0.2, 0.25) is 0 Å². The molecular formula is C19H27N3O2S2. The standard InChI is InChI=1S/C19H27N3O2S2/c1-10(2)22(11(3)4)18(24)12(5)25-19-20-16(23)15-13-8-6-7-9-14(13)26-17(15)21-19/h10-12H,6-9H2,1-5H3,(H,20,21,23). The highest BCUT2D eigenvalue weighted by Gasteiger charge is 2.27. The first-order valence-corrected chi connectivity index (χ1v) is 11.0. The summed E-state index contributed by atoms with van der Waals surface area (Å²) in [6, 6.07) is 0.285. The topological polar surface area (TPSA) is 66.1 Å². The van der Waals surface area contributed by atoms with E-state index in [1.807, 2.05) is 39.5 Å². The molecule has 0 saturated carbocycles. The molecule has 1 amide bonds. The quantitative estimate of drug-likeness (QED) is 0.616. The summed E-state index contributed by atoms with van der Waals surface area (Å²) in [5, 5.41) is 1.00. The third kappa shape index (κ3) is 3.69. The van der Waals surface area contributed by atoms with Gasteiger partial charge in [-0.1, -0.05) is 11.8 Å². The molecule has 1 aliphatic carbocycles. The van der Waals surface area contributed by atoms with Crippen LogP contribution in [0.3, 0.4) is 0 Å². The molecule has 0 aromatic carbocycles. The van der Waals surface area contributed by atoms with Crippen LogP contribution in [-0.4, -0.2) is 38.1 Å². The Labute approximate surface area is 162 Å². The Morgan fingerprint density at radius 2 is 1.81 bits per heavy atom. The monoisotopic (exact) mass is 393 g/mol. The van der Waals surface area contributed by atoms with Crippen LogP contribution in [0.5, 0.6) is 0 Å². The molecule has 1 aliphatic rings. The van der Waals surface area contributed by atoms with E-state index in [1.165, 1.54) is 28.6 Å². The van der Waals surface area contributed by atoms with Gasteiger partial charge in [-0.3, -0.25) is 9.59 Å². The van der Waals surface area contributed by atoms with Gasteiger partial charge in [-0.2, -0.15) is 0 Å². The lowest BCUT2D eigenvalue weighted by atomic mass is 9.97. The Kier molecular flexibility index (Phi) is 5.77. The second kappa shape index (κ2) is 7.72. The van der Waals surface area contributed by atoms with Gasteiger partial charge in [0.05, 0.1) is 10.6 Å². The number of aryl methyl sites for hydroxylation is 2. The second-order valence-corrected chi connectivity index (χ2v) is 9.87. The summed E-state index contributed by atoms with van der Waals surface area (Å²) in [6.07, 6.45) is 4.34. The number of aromatic nitrogens is 2. The van der Waals surface area contributed by atoms with Gasteiger partial charge in [0.1, 0.15) is 4.83 Å². The number of carbonyl (C=O) groups excluding carboxylic acids is 1. The minimum absolute atomic E-state index is 0.0684. The van der Waals surface area contributed by atoms with Crippen LogP contribution >= 0.6 is 23.1 Å². The molecule has 1 atom stereocenters. The molecular weight excluding hydrogens is 366 g/mol. The molecule has 2 aromatic heterocycles. The minimum atomic E-state index is -0.296. The van der Waals surface area contributed by atoms with E-state index in [-0.39, 0.29) is 28.8 Å². The summed E-state index contributed by atoms with van der Waals surface area (Å²) in [7, 11) is 0. The van der Waals surface area contributed by atoms with Crippen LogP contribution in [-0.2, 0) is 17.6 Å². The molecule has 26 heavy (non-hydrogen) atoms. The molecule has 0 radical (unpaired) electrons. The number of rotatable bonds is 5. The van der Waals surface area contributed by atoms with Crippen molar-refractivity contribution < 1.29 is 4.79 Å². The van der Waals surface area contributed by atoms with E-state index in [9.17, 15) is 9.59 Å². The predicted molar refractivity (Wildman–Crippen MR) is 109 cm³/mol. The van der Waals surface area contributed by atoms with Gasteiger partial charge >= 0.3 is 0 Å². The van der Waals surface area contributed by atoms with E-state index in [4.69, 9.17) is 0 Å². The number of fused-ring (bicyclic) bond motifs is 3. The van der Waals surface area contributed by atoms with Gasteiger partial charge in [0.15, 0.2) is 5.16 Å². The first-order chi connectivity index (χ1) is 12.3. The summed E-state index contributed by atoms with van der Waals surface area (Å²) in [6.45, 7) is 9.99. The van der Waals surface area contributed by atoms with E-state index in [0.29, 0.717) is 5.16 Å². The smallest absolute Gasteiger partial charge is 0.260 e. The molecule has 7 heteroatoms. The van der Waals surface area contributed by atoms with Crippen molar-refractivity contribution in [2.45, 2.75) is 82.8 Å². The molecule has 142 valence electrons. The summed E-state index contributed by atoms with van der Waals surface area (Å²) < 4.78 is 0. The predicted octanol–water partition coefficient (Wildman–Crippen LogP) is 3.99. The fourth-order valence-electron chi connectivity index (χ4n) is 3.73. The van der Waals surface area contributed by atoms with Crippen LogP contribution in [0.1, 0.15) is 57.9 Å². The summed E-state index contributed by atoms with van der Waals surface area (Å²) in [5.74, 6) is 0.0771. The molecule has 0 fully saturated rings. The van der Waals surface area contributed by atoms with E-state index in [2.05, 4.69) is 9.97 Å². The molecule has 0 spiro atoms. The number of H-pyrrole nitrogens is 1. The van der Waals surface area contributed by atoms with Crippen molar-refractivity contribution in [1.82, 2.24) is 14.9 Å². The SMILES string of the molecule is CC(Sc1nc2sc3c(c2c(=O)[nH]1)CCCC3)C(=O)N(C(C)C)C(C)C. The maximum absolute atomic E-state index is 12.8. The van der Waals surface area contributed by atoms with E-state index >= 15 is 0 Å². The third-order valence-corrected chi connectivity index (χ3v) is 6.96. The van der Waals surface area contributed by atoms with E-state index < -0.39 is 0 Å². The van der Waals surface area contributed by atoms with Crippen molar-refractivity contribution >= 4 is 39.2 Å². The molecule has 1 unspecified atom stereocenters. The molecule has 5 nitrogen and oxygen atoms in total. The molecule has 1 N–H and O–H groups in total. The Morgan fingerprint density at radius 3 is 2.46 bits per heavy atom. The summed E-state index contributed by atoms with van der Waals surface area (Å²) in [4.78, 5) is 37.0. The van der Waals surface area contributed by atoms with E-state index in [0.717, 1.165) is 29.5 Å². The number of carbonyl (C=O) groups is 1. The average molecular weight is 394 g/mol. The van der Waals surface area contributed by atoms with E-state index in [1.54, 1.807) is 11.3 Å². The fraction of sp³-hybridized carbons (Fsp3) is 0.632. The zero-order chi connectivity index (χ0) is 19.0. The number of hydrogen-bond acceptors (Lipinski definition) is 5. The Balaban J connectivity index is 1.87. The Bertz CT molecular complexity index is 862. The fourth-order valence-corrected chi connectivity index (χ4v) is 5.91. The number of aromatic amines is 1. The van der Waals surface area contributed by atoms with Crippen molar-refractivity contribution in [3.05, 3.63) is 20.8 Å². The zero-order valence-corrected chi connectivity index (χ0v) is 17.7. The number of amides is 1. The lowest BCUT2D eigenvalue weighted by Gasteiger charge is -2.32. The van der Waals surface area contributed by atoms with Gasteiger partial charge < -0.3 is 9.88 Å². The lowest BCUT2D eigenvalue weighted by molar-refractivity contribution is -0.133. The van der Waals surface area contributed by atoms with Gasteiger partial charge in [-0.25, -0.2) is 4.98 Å². The third-order valence-electron chi connectivity index (χ3n) is 4.81. The second-order valence-electron chi connectivity index (χ2n) is 7.46. The number of nitrogens with one attached hydrogen (secondary N) is 1. The number of thioether (sulfide) groups is 1. The maximum Gasteiger partial charge on any atom is 0.260 e. The van der Waals surface area contributed by atoms with Crippen LogP contribution in [0.4, 0.5) is 0 Å². The first-order valence-electron chi connectivity index (χ1n) is 9.33. The van der Waals surface area contributed by atoms with Crippen LogP contribution < -0.4 is 5.56 Å². The van der Waals surface area contributed by atoms with Crippen molar-refractivity contribution in [3.63, 3.8) is 0 Å². The highest BCUT2D eigenvalue weighted by molar-refractivity contribution is 8.00. The molecule has 0 saturated heterocycles.